The molecule has 0 aliphatic heterocycles. The molecule has 3 heteroatoms. The van der Waals surface area contributed by atoms with Crippen molar-refractivity contribution < 1.29 is 0 Å². The van der Waals surface area contributed by atoms with Crippen LogP contribution in [0.25, 0.3) is 10.9 Å². The second kappa shape index (κ2) is 3.01. The highest BCUT2D eigenvalue weighted by molar-refractivity contribution is 5.83. The lowest BCUT2D eigenvalue weighted by molar-refractivity contribution is 0.894. The molecule has 2 rings (SSSR count). The molecule has 0 spiro atoms. The second-order valence-corrected chi connectivity index (χ2v) is 3.10. The topological polar surface area (TPSA) is 41.1 Å². The first kappa shape index (κ1) is 7.98. The van der Waals surface area contributed by atoms with Crippen LogP contribution in [-0.4, -0.2) is 4.57 Å². The highest BCUT2D eigenvalue weighted by atomic mass is 15.0. The van der Waals surface area contributed by atoms with E-state index in [9.17, 15) is 0 Å². The van der Waals surface area contributed by atoms with Gasteiger partial charge in [-0.3, -0.25) is 0 Å². The summed E-state index contributed by atoms with van der Waals surface area (Å²) in [5.41, 5.74) is 9.15. The van der Waals surface area contributed by atoms with Crippen LogP contribution in [0.2, 0.25) is 0 Å². The molecular formula is C10H11N3. The third kappa shape index (κ3) is 1.22. The molecule has 0 radical (unpaired) electrons. The number of hydrogen-bond acceptors (Lipinski definition) is 2. The largest absolute Gasteiger partial charge is 0.350 e. The molecule has 0 aliphatic rings. The van der Waals surface area contributed by atoms with Gasteiger partial charge in [0.1, 0.15) is 0 Å². The van der Waals surface area contributed by atoms with Crippen molar-refractivity contribution in [3.8, 4) is 0 Å². The number of hydrogen-bond donors (Lipinski definition) is 1. The lowest BCUT2D eigenvalue weighted by Crippen LogP contribution is -1.81. The minimum absolute atomic E-state index is 0.474. The molecule has 1 aromatic carbocycles. The van der Waals surface area contributed by atoms with E-state index in [4.69, 9.17) is 5.53 Å². The van der Waals surface area contributed by atoms with E-state index in [1.165, 1.54) is 10.9 Å². The maximum absolute atomic E-state index is 6.84. The first-order valence-electron chi connectivity index (χ1n) is 4.19. The van der Waals surface area contributed by atoms with Gasteiger partial charge in [-0.1, -0.05) is 18.2 Å². The number of para-hydroxylation sites is 1. The molecule has 2 aromatic rings. The fourth-order valence-electron chi connectivity index (χ4n) is 1.64. The zero-order chi connectivity index (χ0) is 9.26. The van der Waals surface area contributed by atoms with E-state index in [2.05, 4.69) is 21.8 Å². The van der Waals surface area contributed by atoms with Gasteiger partial charge in [0.2, 0.25) is 0 Å². The quantitative estimate of drug-likeness (QED) is 0.678. The third-order valence-electron chi connectivity index (χ3n) is 2.23. The van der Waals surface area contributed by atoms with Crippen molar-refractivity contribution in [1.82, 2.24) is 4.57 Å². The predicted molar refractivity (Wildman–Crippen MR) is 51.8 cm³/mol. The Balaban J connectivity index is 2.70. The first-order chi connectivity index (χ1) is 6.33. The Morgan fingerprint density at radius 1 is 1.38 bits per heavy atom. The van der Waals surface area contributed by atoms with Crippen molar-refractivity contribution >= 4 is 10.9 Å². The van der Waals surface area contributed by atoms with E-state index in [1.54, 1.807) is 0 Å². The van der Waals surface area contributed by atoms with Crippen LogP contribution in [-0.2, 0) is 13.6 Å². The van der Waals surface area contributed by atoms with Gasteiger partial charge in [0.15, 0.2) is 0 Å². The molecule has 1 aromatic heterocycles. The van der Waals surface area contributed by atoms with Crippen LogP contribution < -0.4 is 0 Å². The highest BCUT2D eigenvalue weighted by Gasteiger charge is 2.03. The summed E-state index contributed by atoms with van der Waals surface area (Å²) in [7, 11) is 2.01. The van der Waals surface area contributed by atoms with Gasteiger partial charge in [-0.25, -0.2) is 5.53 Å². The summed E-state index contributed by atoms with van der Waals surface area (Å²) in [5.74, 6) is 0. The highest BCUT2D eigenvalue weighted by Crippen LogP contribution is 2.20. The molecule has 1 heterocycles. The van der Waals surface area contributed by atoms with Gasteiger partial charge in [-0.2, -0.15) is 5.11 Å². The maximum atomic E-state index is 6.84. The molecule has 0 fully saturated rings. The monoisotopic (exact) mass is 173 g/mol. The summed E-state index contributed by atoms with van der Waals surface area (Å²) >= 11 is 0. The second-order valence-electron chi connectivity index (χ2n) is 3.10. The number of rotatable bonds is 2. The van der Waals surface area contributed by atoms with Crippen LogP contribution in [0.1, 0.15) is 5.56 Å². The molecule has 0 saturated heterocycles. The van der Waals surface area contributed by atoms with Crippen molar-refractivity contribution in [3.63, 3.8) is 0 Å². The maximum Gasteiger partial charge on any atom is 0.0867 e. The molecule has 0 bridgehead atoms. The SMILES string of the molecule is Cn1cc(CN=N)c2ccccc21. The summed E-state index contributed by atoms with van der Waals surface area (Å²) in [6.45, 7) is 0.474. The minimum Gasteiger partial charge on any atom is -0.350 e. The van der Waals surface area contributed by atoms with Gasteiger partial charge in [-0.15, -0.1) is 0 Å². The van der Waals surface area contributed by atoms with E-state index < -0.39 is 0 Å². The number of aromatic nitrogens is 1. The Kier molecular flexibility index (Phi) is 1.85. The average Bonchev–Trinajstić information content (AvgIpc) is 2.46. The molecule has 0 unspecified atom stereocenters. The van der Waals surface area contributed by atoms with Crippen LogP contribution in [0.5, 0.6) is 0 Å². The molecular weight excluding hydrogens is 162 g/mol. The van der Waals surface area contributed by atoms with Crippen LogP contribution >= 0.6 is 0 Å². The van der Waals surface area contributed by atoms with E-state index in [0.717, 1.165) is 5.56 Å². The van der Waals surface area contributed by atoms with E-state index in [0.29, 0.717) is 6.54 Å². The van der Waals surface area contributed by atoms with Crippen molar-refractivity contribution in [2.75, 3.05) is 0 Å². The van der Waals surface area contributed by atoms with Gasteiger partial charge >= 0.3 is 0 Å². The lowest BCUT2D eigenvalue weighted by atomic mass is 10.2. The smallest absolute Gasteiger partial charge is 0.0867 e. The summed E-state index contributed by atoms with van der Waals surface area (Å²) in [4.78, 5) is 0. The molecule has 0 atom stereocenters. The minimum atomic E-state index is 0.474. The summed E-state index contributed by atoms with van der Waals surface area (Å²) in [6.07, 6.45) is 2.03. The van der Waals surface area contributed by atoms with Crippen LogP contribution in [0.15, 0.2) is 35.6 Å². The van der Waals surface area contributed by atoms with E-state index in [-0.39, 0.29) is 0 Å². The molecule has 66 valence electrons. The van der Waals surface area contributed by atoms with Gasteiger partial charge < -0.3 is 4.57 Å². The Morgan fingerprint density at radius 3 is 2.92 bits per heavy atom. The first-order valence-corrected chi connectivity index (χ1v) is 4.19. The summed E-state index contributed by atoms with van der Waals surface area (Å²) in [6, 6.07) is 8.17. The van der Waals surface area contributed by atoms with Crippen molar-refractivity contribution in [2.45, 2.75) is 6.54 Å². The van der Waals surface area contributed by atoms with Crippen LogP contribution in [0.4, 0.5) is 0 Å². The van der Waals surface area contributed by atoms with Gasteiger partial charge in [0.25, 0.3) is 0 Å². The van der Waals surface area contributed by atoms with Crippen LogP contribution in [0.3, 0.4) is 0 Å². The zero-order valence-electron chi connectivity index (χ0n) is 7.49. The van der Waals surface area contributed by atoms with Crippen LogP contribution in [0, 0.1) is 5.53 Å². The normalized spacial score (nSPS) is 10.5. The number of aryl methyl sites for hydroxylation is 1. The number of nitrogens with one attached hydrogen (secondary N) is 1. The Bertz CT molecular complexity index is 442. The third-order valence-corrected chi connectivity index (χ3v) is 2.23. The number of fused-ring (bicyclic) bond motifs is 1. The average molecular weight is 173 g/mol. The predicted octanol–water partition coefficient (Wildman–Crippen LogP) is 2.71. The Hall–Kier alpha value is -1.64. The van der Waals surface area contributed by atoms with Gasteiger partial charge in [-0.05, 0) is 6.07 Å². The Morgan fingerprint density at radius 2 is 2.15 bits per heavy atom. The fraction of sp³-hybridized carbons (Fsp3) is 0.200. The zero-order valence-corrected chi connectivity index (χ0v) is 7.49. The van der Waals surface area contributed by atoms with Crippen molar-refractivity contribution in [3.05, 3.63) is 36.0 Å². The summed E-state index contributed by atoms with van der Waals surface area (Å²) < 4.78 is 2.07. The van der Waals surface area contributed by atoms with Crippen molar-refractivity contribution in [1.29, 1.82) is 5.53 Å². The lowest BCUT2D eigenvalue weighted by Gasteiger charge is -1.93. The molecule has 13 heavy (non-hydrogen) atoms. The molecule has 0 aliphatic carbocycles. The van der Waals surface area contributed by atoms with Gasteiger partial charge in [0.05, 0.1) is 6.54 Å². The van der Waals surface area contributed by atoms with E-state index >= 15 is 0 Å². The molecule has 3 nitrogen and oxygen atoms in total. The molecule has 1 N–H and O–H groups in total. The van der Waals surface area contributed by atoms with E-state index in [1.807, 2.05) is 25.4 Å². The number of benzene rings is 1. The summed E-state index contributed by atoms with van der Waals surface area (Å²) in [5, 5.41) is 4.60. The standard InChI is InChI=1S/C10H11N3/c1-13-7-8(6-12-11)9-4-2-3-5-10(9)13/h2-5,7,11H,6H2,1H3. The fourth-order valence-corrected chi connectivity index (χ4v) is 1.64. The molecule has 0 amide bonds. The van der Waals surface area contributed by atoms with Crippen molar-refractivity contribution in [2.24, 2.45) is 12.2 Å². The number of nitrogens with zero attached hydrogens (tertiary/aromatic N) is 2. The molecule has 0 saturated carbocycles. The van der Waals surface area contributed by atoms with Gasteiger partial charge in [0, 0.05) is 29.7 Å². The Labute approximate surface area is 76.5 Å².